The molecule has 1 aliphatic rings. The van der Waals surface area contributed by atoms with Crippen LogP contribution in [-0.4, -0.2) is 30.7 Å². The lowest BCUT2D eigenvalue weighted by Crippen LogP contribution is -2.37. The van der Waals surface area contributed by atoms with E-state index in [9.17, 15) is 8.78 Å². The molecule has 1 fully saturated rings. The minimum atomic E-state index is -2.79. The van der Waals surface area contributed by atoms with Gasteiger partial charge in [0.25, 0.3) is 0 Å². The number of alkyl halides is 2. The first-order chi connectivity index (χ1) is 14.2. The summed E-state index contributed by atoms with van der Waals surface area (Å²) in [5.74, 6) is 1.12. The Hall–Kier alpha value is -2.44. The molecule has 0 atom stereocenters. The van der Waals surface area contributed by atoms with Gasteiger partial charge in [0.05, 0.1) is 0 Å². The minimum Gasteiger partial charge on any atom is -0.490 e. The second-order valence-corrected chi connectivity index (χ2v) is 8.07. The van der Waals surface area contributed by atoms with Gasteiger partial charge < -0.3 is 9.47 Å². The van der Waals surface area contributed by atoms with Crippen molar-refractivity contribution in [2.75, 3.05) is 13.1 Å². The van der Waals surface area contributed by atoms with Gasteiger partial charge in [0, 0.05) is 24.5 Å². The fourth-order valence-electron chi connectivity index (χ4n) is 3.62. The summed E-state index contributed by atoms with van der Waals surface area (Å²) < 4.78 is 35.5. The van der Waals surface area contributed by atoms with E-state index in [1.54, 1.807) is 29.5 Å². The third-order valence-electron chi connectivity index (χ3n) is 5.01. The maximum Gasteiger partial charge on any atom is 0.387 e. The van der Waals surface area contributed by atoms with Gasteiger partial charge in [0.1, 0.15) is 17.6 Å². The Bertz CT molecular complexity index is 909. The number of thiophene rings is 1. The molecule has 4 rings (SSSR count). The van der Waals surface area contributed by atoms with Gasteiger partial charge in [-0.1, -0.05) is 30.3 Å². The predicted octanol–water partition coefficient (Wildman–Crippen LogP) is 6.06. The second-order valence-electron chi connectivity index (χ2n) is 7.12. The maximum absolute atomic E-state index is 12.4. The monoisotopic (exact) mass is 415 g/mol. The molecule has 0 unspecified atom stereocenters. The van der Waals surface area contributed by atoms with E-state index in [2.05, 4.69) is 39.3 Å². The molecule has 2 heterocycles. The molecule has 0 bridgehead atoms. The van der Waals surface area contributed by atoms with Gasteiger partial charge in [0.2, 0.25) is 0 Å². The molecule has 3 aromatic rings. The average molecular weight is 416 g/mol. The molecule has 2 aromatic carbocycles. The van der Waals surface area contributed by atoms with E-state index >= 15 is 0 Å². The average Bonchev–Trinajstić information content (AvgIpc) is 3.25. The zero-order chi connectivity index (χ0) is 20.1. The van der Waals surface area contributed by atoms with Crippen LogP contribution in [0.25, 0.3) is 10.4 Å². The lowest BCUT2D eigenvalue weighted by atomic mass is 10.1. The van der Waals surface area contributed by atoms with E-state index in [0.717, 1.165) is 43.8 Å². The van der Waals surface area contributed by atoms with Crippen LogP contribution in [0.4, 0.5) is 8.78 Å². The highest BCUT2D eigenvalue weighted by atomic mass is 32.1. The molecule has 6 heteroatoms. The van der Waals surface area contributed by atoms with E-state index in [-0.39, 0.29) is 11.9 Å². The Morgan fingerprint density at radius 3 is 2.52 bits per heavy atom. The highest BCUT2D eigenvalue weighted by molar-refractivity contribution is 7.13. The summed E-state index contributed by atoms with van der Waals surface area (Å²) in [5.41, 5.74) is 2.16. The smallest absolute Gasteiger partial charge is 0.387 e. The van der Waals surface area contributed by atoms with Crippen molar-refractivity contribution in [1.82, 2.24) is 4.90 Å². The van der Waals surface area contributed by atoms with Crippen molar-refractivity contribution >= 4 is 11.3 Å². The molecule has 1 aliphatic heterocycles. The molecule has 3 nitrogen and oxygen atoms in total. The number of nitrogens with zero attached hydrogens (tertiary/aromatic N) is 1. The molecule has 1 saturated heterocycles. The molecule has 0 aliphatic carbocycles. The van der Waals surface area contributed by atoms with Crippen LogP contribution >= 0.6 is 11.3 Å². The summed E-state index contributed by atoms with van der Waals surface area (Å²) in [7, 11) is 0. The van der Waals surface area contributed by atoms with E-state index < -0.39 is 6.61 Å². The lowest BCUT2D eigenvalue weighted by molar-refractivity contribution is -0.0499. The highest BCUT2D eigenvalue weighted by Crippen LogP contribution is 2.29. The summed E-state index contributed by atoms with van der Waals surface area (Å²) in [6.45, 7) is -0.248. The van der Waals surface area contributed by atoms with Gasteiger partial charge in [-0.25, -0.2) is 0 Å². The molecule has 0 saturated carbocycles. The molecule has 29 heavy (non-hydrogen) atoms. The Balaban J connectivity index is 1.29. The minimum absolute atomic E-state index is 0.193. The maximum atomic E-state index is 12.4. The molecule has 0 amide bonds. The van der Waals surface area contributed by atoms with Crippen LogP contribution in [0.3, 0.4) is 0 Å². The fraction of sp³-hybridized carbons (Fsp3) is 0.304. The third-order valence-corrected chi connectivity index (χ3v) is 5.93. The van der Waals surface area contributed by atoms with E-state index in [0.29, 0.717) is 0 Å². The number of hydrogen-bond acceptors (Lipinski definition) is 4. The lowest BCUT2D eigenvalue weighted by Gasteiger charge is -2.32. The van der Waals surface area contributed by atoms with Gasteiger partial charge in [0.15, 0.2) is 0 Å². The van der Waals surface area contributed by atoms with Crippen molar-refractivity contribution in [2.24, 2.45) is 0 Å². The number of ether oxygens (including phenoxy) is 2. The molecule has 0 spiro atoms. The summed E-state index contributed by atoms with van der Waals surface area (Å²) >= 11 is 1.72. The van der Waals surface area contributed by atoms with E-state index in [1.807, 2.05) is 18.2 Å². The van der Waals surface area contributed by atoms with Crippen LogP contribution in [0.15, 0.2) is 66.0 Å². The molecule has 0 N–H and O–H groups in total. The number of halogens is 2. The SMILES string of the molecule is FC(F)Oc1cccc(CN2CCC(Oc3cccc(-c4cccs4)c3)CC2)c1. The highest BCUT2D eigenvalue weighted by Gasteiger charge is 2.21. The van der Waals surface area contributed by atoms with E-state index in [1.165, 1.54) is 10.4 Å². The van der Waals surface area contributed by atoms with Crippen molar-refractivity contribution in [2.45, 2.75) is 32.1 Å². The number of benzene rings is 2. The van der Waals surface area contributed by atoms with Crippen LogP contribution < -0.4 is 9.47 Å². The molecule has 152 valence electrons. The summed E-state index contributed by atoms with van der Waals surface area (Å²) in [6.07, 6.45) is 2.07. The topological polar surface area (TPSA) is 21.7 Å². The first-order valence-corrected chi connectivity index (χ1v) is 10.6. The number of likely N-dealkylation sites (tertiary alicyclic amines) is 1. The van der Waals surface area contributed by atoms with Gasteiger partial charge in [-0.2, -0.15) is 8.78 Å². The van der Waals surface area contributed by atoms with Crippen molar-refractivity contribution in [3.8, 4) is 21.9 Å². The first kappa shape index (κ1) is 19.9. The number of piperidine rings is 1. The van der Waals surface area contributed by atoms with Gasteiger partial charge >= 0.3 is 6.61 Å². The van der Waals surface area contributed by atoms with Gasteiger partial charge in [-0.05, 0) is 59.7 Å². The normalized spacial score (nSPS) is 15.6. The van der Waals surface area contributed by atoms with Crippen molar-refractivity contribution in [3.63, 3.8) is 0 Å². The van der Waals surface area contributed by atoms with Gasteiger partial charge in [-0.3, -0.25) is 4.90 Å². The Labute approximate surface area is 173 Å². The number of hydrogen-bond donors (Lipinski definition) is 0. The zero-order valence-electron chi connectivity index (χ0n) is 16.0. The van der Waals surface area contributed by atoms with Crippen molar-refractivity contribution < 1.29 is 18.3 Å². The largest absolute Gasteiger partial charge is 0.490 e. The molecule has 0 radical (unpaired) electrons. The summed E-state index contributed by atoms with van der Waals surface area (Å²) in [6, 6.07) is 19.4. The molecular weight excluding hydrogens is 392 g/mol. The number of rotatable bonds is 7. The van der Waals surface area contributed by atoms with Crippen molar-refractivity contribution in [3.05, 3.63) is 71.6 Å². The van der Waals surface area contributed by atoms with Crippen LogP contribution in [0, 0.1) is 0 Å². The fourth-order valence-corrected chi connectivity index (χ4v) is 4.35. The van der Waals surface area contributed by atoms with E-state index in [4.69, 9.17) is 4.74 Å². The van der Waals surface area contributed by atoms with Crippen LogP contribution in [0.1, 0.15) is 18.4 Å². The Morgan fingerprint density at radius 1 is 0.966 bits per heavy atom. The Kier molecular flexibility index (Phi) is 6.42. The molecular formula is C23H23F2NO2S. The Morgan fingerprint density at radius 2 is 1.76 bits per heavy atom. The second kappa shape index (κ2) is 9.37. The zero-order valence-corrected chi connectivity index (χ0v) is 16.8. The third kappa shape index (κ3) is 5.55. The molecule has 1 aromatic heterocycles. The van der Waals surface area contributed by atoms with Crippen LogP contribution in [0.5, 0.6) is 11.5 Å². The first-order valence-electron chi connectivity index (χ1n) is 9.72. The predicted molar refractivity (Wildman–Crippen MR) is 112 cm³/mol. The van der Waals surface area contributed by atoms with Crippen molar-refractivity contribution in [1.29, 1.82) is 0 Å². The quantitative estimate of drug-likeness (QED) is 0.468. The standard InChI is InChI=1S/C23H23F2NO2S/c24-23(25)28-20-6-1-4-17(14-20)16-26-11-9-19(10-12-26)27-21-7-2-5-18(15-21)22-8-3-13-29-22/h1-8,13-15,19,23H,9-12,16H2. The summed E-state index contributed by atoms with van der Waals surface area (Å²) in [5, 5.41) is 2.08. The van der Waals surface area contributed by atoms with Crippen LogP contribution in [-0.2, 0) is 6.54 Å². The summed E-state index contributed by atoms with van der Waals surface area (Å²) in [4.78, 5) is 3.56. The van der Waals surface area contributed by atoms with Gasteiger partial charge in [-0.15, -0.1) is 11.3 Å². The van der Waals surface area contributed by atoms with Crippen LogP contribution in [0.2, 0.25) is 0 Å².